The summed E-state index contributed by atoms with van der Waals surface area (Å²) in [5.74, 6) is 0.0378. The van der Waals surface area contributed by atoms with Crippen molar-refractivity contribution in [2.75, 3.05) is 0 Å². The highest BCUT2D eigenvalue weighted by molar-refractivity contribution is 6.07. The fourth-order valence-electron chi connectivity index (χ4n) is 2.36. The monoisotopic (exact) mass is 332 g/mol. The van der Waals surface area contributed by atoms with Gasteiger partial charge < -0.3 is 0 Å². The highest BCUT2D eigenvalue weighted by Gasteiger charge is 2.14. The van der Waals surface area contributed by atoms with E-state index in [9.17, 15) is 4.79 Å². The number of benzene rings is 1. The van der Waals surface area contributed by atoms with Crippen LogP contribution in [0.15, 0.2) is 60.0 Å². The van der Waals surface area contributed by atoms with Crippen LogP contribution in [0.5, 0.6) is 0 Å². The van der Waals surface area contributed by atoms with E-state index >= 15 is 0 Å². The lowest BCUT2D eigenvalue weighted by Gasteiger charge is -2.10. The van der Waals surface area contributed by atoms with Gasteiger partial charge in [-0.3, -0.25) is 9.78 Å². The number of carbonyl (C=O) groups excluding carboxylic acids is 1. The summed E-state index contributed by atoms with van der Waals surface area (Å²) in [6.45, 7) is 5.97. The van der Waals surface area contributed by atoms with Crippen molar-refractivity contribution in [3.8, 4) is 11.3 Å². The van der Waals surface area contributed by atoms with Crippen molar-refractivity contribution in [2.45, 2.75) is 20.8 Å². The predicted octanol–water partition coefficient (Wildman–Crippen LogP) is 4.06. The molecule has 3 aromatic rings. The van der Waals surface area contributed by atoms with Crippen LogP contribution >= 0.6 is 0 Å². The van der Waals surface area contributed by atoms with Crippen LogP contribution in [-0.2, 0) is 0 Å². The Kier molecular flexibility index (Phi) is 4.84. The first-order valence-corrected chi connectivity index (χ1v) is 8.21. The van der Waals surface area contributed by atoms with Gasteiger partial charge in [0.05, 0.1) is 16.8 Å². The van der Waals surface area contributed by atoms with Gasteiger partial charge in [0, 0.05) is 29.1 Å². The Bertz CT molecular complexity index is 933. The van der Waals surface area contributed by atoms with Crippen molar-refractivity contribution < 1.29 is 4.79 Å². The molecule has 25 heavy (non-hydrogen) atoms. The fourth-order valence-corrected chi connectivity index (χ4v) is 2.36. The third-order valence-corrected chi connectivity index (χ3v) is 4.11. The number of para-hydroxylation sites is 1. The standard InChI is InChI=1S/C20H20N4O/c1-13(2)14(3)23-24-20(25)17-12-19(15-8-10-21-11-9-15)22-18-7-5-4-6-16(17)18/h4-13H,1-3H3,(H,24,25)/b23-14+. The van der Waals surface area contributed by atoms with Crippen LogP contribution in [0.3, 0.4) is 0 Å². The Labute approximate surface area is 146 Å². The number of fused-ring (bicyclic) bond motifs is 1. The average Bonchev–Trinajstić information content (AvgIpc) is 2.65. The number of nitrogens with one attached hydrogen (secondary N) is 1. The lowest BCUT2D eigenvalue weighted by molar-refractivity contribution is 0.0956. The molecule has 1 amide bonds. The van der Waals surface area contributed by atoms with Crippen molar-refractivity contribution in [2.24, 2.45) is 11.0 Å². The first kappa shape index (κ1) is 16.8. The topological polar surface area (TPSA) is 67.2 Å². The smallest absolute Gasteiger partial charge is 0.267 e. The number of nitrogens with zero attached hydrogens (tertiary/aromatic N) is 3. The Morgan fingerprint density at radius 3 is 2.56 bits per heavy atom. The summed E-state index contributed by atoms with van der Waals surface area (Å²) in [6.07, 6.45) is 3.42. The predicted molar refractivity (Wildman–Crippen MR) is 100 cm³/mol. The van der Waals surface area contributed by atoms with Gasteiger partial charge in [0.25, 0.3) is 5.91 Å². The van der Waals surface area contributed by atoms with E-state index in [-0.39, 0.29) is 11.8 Å². The number of aromatic nitrogens is 2. The van der Waals surface area contributed by atoms with Crippen molar-refractivity contribution in [3.05, 3.63) is 60.4 Å². The van der Waals surface area contributed by atoms with E-state index in [1.807, 2.05) is 57.2 Å². The fraction of sp³-hybridized carbons (Fsp3) is 0.200. The molecule has 0 aliphatic heterocycles. The molecule has 0 fully saturated rings. The van der Waals surface area contributed by atoms with Crippen LogP contribution in [-0.4, -0.2) is 21.6 Å². The molecule has 5 nitrogen and oxygen atoms in total. The molecule has 0 atom stereocenters. The first-order valence-electron chi connectivity index (χ1n) is 8.21. The molecule has 2 aromatic heterocycles. The first-order chi connectivity index (χ1) is 12.1. The second kappa shape index (κ2) is 7.21. The summed E-state index contributed by atoms with van der Waals surface area (Å²) < 4.78 is 0. The second-order valence-corrected chi connectivity index (χ2v) is 6.16. The Hall–Kier alpha value is -3.08. The maximum absolute atomic E-state index is 12.7. The number of rotatable bonds is 4. The number of hydrazone groups is 1. The van der Waals surface area contributed by atoms with Crippen molar-refractivity contribution >= 4 is 22.5 Å². The molecule has 0 aliphatic rings. The van der Waals surface area contributed by atoms with Crippen molar-refractivity contribution in [1.29, 1.82) is 0 Å². The molecule has 1 N–H and O–H groups in total. The number of amides is 1. The van der Waals surface area contributed by atoms with Crippen LogP contribution in [0.1, 0.15) is 31.1 Å². The third-order valence-electron chi connectivity index (χ3n) is 4.11. The minimum atomic E-state index is -0.242. The van der Waals surface area contributed by atoms with Gasteiger partial charge in [-0.05, 0) is 37.1 Å². The summed E-state index contributed by atoms with van der Waals surface area (Å²) in [5, 5.41) is 5.00. The van der Waals surface area contributed by atoms with Gasteiger partial charge in [-0.1, -0.05) is 32.0 Å². The molecule has 0 saturated heterocycles. The number of hydrogen-bond acceptors (Lipinski definition) is 4. The van der Waals surface area contributed by atoms with Crippen LogP contribution in [0.2, 0.25) is 0 Å². The minimum absolute atomic E-state index is 0.242. The maximum Gasteiger partial charge on any atom is 0.272 e. The summed E-state index contributed by atoms with van der Waals surface area (Å²) in [7, 11) is 0. The molecule has 1 aromatic carbocycles. The highest BCUT2D eigenvalue weighted by atomic mass is 16.2. The molecule has 0 spiro atoms. The normalized spacial score (nSPS) is 11.8. The molecule has 0 radical (unpaired) electrons. The van der Waals surface area contributed by atoms with E-state index in [0.29, 0.717) is 5.56 Å². The Morgan fingerprint density at radius 2 is 1.84 bits per heavy atom. The Balaban J connectivity index is 2.07. The van der Waals surface area contributed by atoms with Gasteiger partial charge in [-0.25, -0.2) is 10.4 Å². The molecule has 5 heteroatoms. The zero-order valence-corrected chi connectivity index (χ0v) is 14.5. The molecule has 0 aliphatic carbocycles. The molecule has 0 unspecified atom stereocenters. The lowest BCUT2D eigenvalue weighted by Crippen LogP contribution is -2.21. The largest absolute Gasteiger partial charge is 0.272 e. The van der Waals surface area contributed by atoms with Gasteiger partial charge in [0.15, 0.2) is 0 Å². The van der Waals surface area contributed by atoms with Crippen molar-refractivity contribution in [1.82, 2.24) is 15.4 Å². The summed E-state index contributed by atoms with van der Waals surface area (Å²) >= 11 is 0. The molecule has 2 heterocycles. The summed E-state index contributed by atoms with van der Waals surface area (Å²) in [4.78, 5) is 21.4. The van der Waals surface area contributed by atoms with Crippen LogP contribution < -0.4 is 5.43 Å². The average molecular weight is 332 g/mol. The second-order valence-electron chi connectivity index (χ2n) is 6.16. The summed E-state index contributed by atoms with van der Waals surface area (Å²) in [6, 6.07) is 13.2. The van der Waals surface area contributed by atoms with Crippen LogP contribution in [0.4, 0.5) is 0 Å². The summed E-state index contributed by atoms with van der Waals surface area (Å²) in [5.41, 5.74) is 6.50. The molecular weight excluding hydrogens is 312 g/mol. The molecular formula is C20H20N4O. The highest BCUT2D eigenvalue weighted by Crippen LogP contribution is 2.24. The van der Waals surface area contributed by atoms with Gasteiger partial charge in [0.1, 0.15) is 0 Å². The van der Waals surface area contributed by atoms with E-state index < -0.39 is 0 Å². The number of carbonyl (C=O) groups is 1. The minimum Gasteiger partial charge on any atom is -0.267 e. The number of hydrogen-bond donors (Lipinski definition) is 1. The van der Waals surface area contributed by atoms with Crippen LogP contribution in [0.25, 0.3) is 22.2 Å². The third kappa shape index (κ3) is 3.71. The van der Waals surface area contributed by atoms with E-state index in [2.05, 4.69) is 20.5 Å². The van der Waals surface area contributed by atoms with E-state index in [1.165, 1.54) is 0 Å². The SMILES string of the molecule is C/C(=N\NC(=O)c1cc(-c2ccncc2)nc2ccccc12)C(C)C. The van der Waals surface area contributed by atoms with E-state index in [1.54, 1.807) is 18.5 Å². The van der Waals surface area contributed by atoms with E-state index in [4.69, 9.17) is 0 Å². The molecule has 0 bridgehead atoms. The van der Waals surface area contributed by atoms with Gasteiger partial charge >= 0.3 is 0 Å². The molecule has 0 saturated carbocycles. The zero-order valence-electron chi connectivity index (χ0n) is 14.5. The number of pyridine rings is 2. The Morgan fingerprint density at radius 1 is 1.12 bits per heavy atom. The maximum atomic E-state index is 12.7. The van der Waals surface area contributed by atoms with E-state index in [0.717, 1.165) is 27.9 Å². The molecule has 3 rings (SSSR count). The van der Waals surface area contributed by atoms with Crippen LogP contribution in [0, 0.1) is 5.92 Å². The van der Waals surface area contributed by atoms with Gasteiger partial charge in [0.2, 0.25) is 0 Å². The zero-order chi connectivity index (χ0) is 17.8. The quantitative estimate of drug-likeness (QED) is 0.579. The van der Waals surface area contributed by atoms with Gasteiger partial charge in [-0.2, -0.15) is 5.10 Å². The van der Waals surface area contributed by atoms with Crippen molar-refractivity contribution in [3.63, 3.8) is 0 Å². The van der Waals surface area contributed by atoms with Gasteiger partial charge in [-0.15, -0.1) is 0 Å². The lowest BCUT2D eigenvalue weighted by atomic mass is 10.0. The molecule has 126 valence electrons.